The van der Waals surface area contributed by atoms with E-state index in [1.165, 1.54) is 0 Å². The third-order valence-electron chi connectivity index (χ3n) is 3.43. The van der Waals surface area contributed by atoms with Gasteiger partial charge in [-0.05, 0) is 18.3 Å². The van der Waals surface area contributed by atoms with E-state index >= 15 is 0 Å². The summed E-state index contributed by atoms with van der Waals surface area (Å²) in [5.74, 6) is -0.922. The summed E-state index contributed by atoms with van der Waals surface area (Å²) in [6.07, 6.45) is 3.74. The van der Waals surface area contributed by atoms with Crippen LogP contribution in [0.3, 0.4) is 0 Å². The quantitative estimate of drug-likeness (QED) is 0.670. The third-order valence-corrected chi connectivity index (χ3v) is 3.43. The van der Waals surface area contributed by atoms with E-state index in [4.69, 9.17) is 0 Å². The number of rotatable bonds is 3. The Labute approximate surface area is 83.7 Å². The predicted molar refractivity (Wildman–Crippen MR) is 51.8 cm³/mol. The normalized spacial score (nSPS) is 30.7. The Balaban J connectivity index is 3.03. The maximum Gasteiger partial charge on any atom is 0.329 e. The van der Waals surface area contributed by atoms with Crippen molar-refractivity contribution >= 4 is 12.4 Å². The summed E-state index contributed by atoms with van der Waals surface area (Å²) in [6.45, 7) is 3.80. The summed E-state index contributed by atoms with van der Waals surface area (Å²) in [7, 11) is 0. The van der Waals surface area contributed by atoms with Crippen LogP contribution in [0.2, 0.25) is 0 Å². The minimum atomic E-state index is -1.08. The van der Waals surface area contributed by atoms with Gasteiger partial charge in [-0.15, -0.1) is 0 Å². The second kappa shape index (κ2) is 3.59. The SMILES string of the molecule is CC1(C)CCCCC1(NC=O)C(=O)O. The summed E-state index contributed by atoms with van der Waals surface area (Å²) in [6, 6.07) is 0. The molecule has 0 saturated heterocycles. The van der Waals surface area contributed by atoms with Crippen molar-refractivity contribution < 1.29 is 14.7 Å². The molecule has 0 aromatic rings. The van der Waals surface area contributed by atoms with E-state index in [0.717, 1.165) is 19.3 Å². The largest absolute Gasteiger partial charge is 0.479 e. The molecule has 0 radical (unpaired) electrons. The fourth-order valence-electron chi connectivity index (χ4n) is 2.34. The van der Waals surface area contributed by atoms with Crippen molar-refractivity contribution in [1.29, 1.82) is 0 Å². The number of carboxylic acids is 1. The Morgan fingerprint density at radius 1 is 1.36 bits per heavy atom. The Morgan fingerprint density at radius 3 is 2.36 bits per heavy atom. The molecule has 0 aromatic carbocycles. The van der Waals surface area contributed by atoms with Crippen molar-refractivity contribution in [3.8, 4) is 0 Å². The fraction of sp³-hybridized carbons (Fsp3) is 0.800. The first-order valence-electron chi connectivity index (χ1n) is 4.91. The van der Waals surface area contributed by atoms with Crippen LogP contribution in [0, 0.1) is 5.41 Å². The van der Waals surface area contributed by atoms with Gasteiger partial charge >= 0.3 is 5.97 Å². The molecule has 1 aliphatic carbocycles. The molecule has 4 heteroatoms. The first-order valence-corrected chi connectivity index (χ1v) is 4.91. The number of hydrogen-bond acceptors (Lipinski definition) is 2. The van der Waals surface area contributed by atoms with E-state index in [2.05, 4.69) is 5.32 Å². The van der Waals surface area contributed by atoms with Crippen molar-refractivity contribution in [1.82, 2.24) is 5.32 Å². The highest BCUT2D eigenvalue weighted by atomic mass is 16.4. The number of amides is 1. The minimum absolute atomic E-state index is 0.377. The smallest absolute Gasteiger partial charge is 0.329 e. The molecule has 2 N–H and O–H groups in total. The van der Waals surface area contributed by atoms with Gasteiger partial charge < -0.3 is 10.4 Å². The maximum atomic E-state index is 11.3. The Bertz CT molecular complexity index is 250. The molecule has 1 saturated carbocycles. The molecule has 0 aromatic heterocycles. The van der Waals surface area contributed by atoms with Crippen molar-refractivity contribution in [2.24, 2.45) is 5.41 Å². The molecule has 0 bridgehead atoms. The molecule has 80 valence electrons. The van der Waals surface area contributed by atoms with E-state index in [-0.39, 0.29) is 5.41 Å². The summed E-state index contributed by atoms with van der Waals surface area (Å²) in [4.78, 5) is 21.8. The molecule has 0 spiro atoms. The summed E-state index contributed by atoms with van der Waals surface area (Å²) in [5.41, 5.74) is -1.45. The Morgan fingerprint density at radius 2 is 1.93 bits per heavy atom. The first kappa shape index (κ1) is 11.0. The van der Waals surface area contributed by atoms with Crippen molar-refractivity contribution in [2.45, 2.75) is 45.1 Å². The zero-order valence-electron chi connectivity index (χ0n) is 8.67. The molecular formula is C10H17NO3. The summed E-state index contributed by atoms with van der Waals surface area (Å²) >= 11 is 0. The Kier molecular flexibility index (Phi) is 2.83. The highest BCUT2D eigenvalue weighted by molar-refractivity contribution is 5.82. The van der Waals surface area contributed by atoms with Gasteiger partial charge in [0.2, 0.25) is 6.41 Å². The number of nitrogens with one attached hydrogen (secondary N) is 1. The molecule has 1 fully saturated rings. The molecule has 14 heavy (non-hydrogen) atoms. The van der Waals surface area contributed by atoms with Gasteiger partial charge in [0.05, 0.1) is 0 Å². The molecule has 1 rings (SSSR count). The van der Waals surface area contributed by atoms with Gasteiger partial charge in [-0.25, -0.2) is 4.79 Å². The van der Waals surface area contributed by atoms with E-state index < -0.39 is 11.5 Å². The molecule has 4 nitrogen and oxygen atoms in total. The van der Waals surface area contributed by atoms with Gasteiger partial charge in [0, 0.05) is 0 Å². The second-order valence-corrected chi connectivity index (χ2v) is 4.56. The third kappa shape index (κ3) is 1.49. The van der Waals surface area contributed by atoms with E-state index in [1.54, 1.807) is 0 Å². The highest BCUT2D eigenvalue weighted by Crippen LogP contribution is 2.43. The van der Waals surface area contributed by atoms with Gasteiger partial charge in [0.1, 0.15) is 5.54 Å². The van der Waals surface area contributed by atoms with Crippen LogP contribution in [0.1, 0.15) is 39.5 Å². The van der Waals surface area contributed by atoms with Crippen LogP contribution in [0.4, 0.5) is 0 Å². The van der Waals surface area contributed by atoms with E-state index in [1.807, 2.05) is 13.8 Å². The van der Waals surface area contributed by atoms with Gasteiger partial charge in [-0.3, -0.25) is 4.79 Å². The molecule has 1 aliphatic rings. The second-order valence-electron chi connectivity index (χ2n) is 4.56. The van der Waals surface area contributed by atoms with Crippen LogP contribution in [0.15, 0.2) is 0 Å². The Hall–Kier alpha value is -1.06. The number of carbonyl (C=O) groups excluding carboxylic acids is 1. The van der Waals surface area contributed by atoms with Crippen LogP contribution >= 0.6 is 0 Å². The summed E-state index contributed by atoms with van der Waals surface area (Å²) in [5, 5.41) is 11.7. The van der Waals surface area contributed by atoms with Gasteiger partial charge in [-0.1, -0.05) is 26.7 Å². The first-order chi connectivity index (χ1) is 6.46. The number of aliphatic carboxylic acids is 1. The van der Waals surface area contributed by atoms with Gasteiger partial charge in [-0.2, -0.15) is 0 Å². The fourth-order valence-corrected chi connectivity index (χ4v) is 2.34. The van der Waals surface area contributed by atoms with Crippen molar-refractivity contribution in [3.05, 3.63) is 0 Å². The average molecular weight is 199 g/mol. The van der Waals surface area contributed by atoms with Crippen molar-refractivity contribution in [3.63, 3.8) is 0 Å². The lowest BCUT2D eigenvalue weighted by atomic mass is 9.63. The standard InChI is InChI=1S/C10H17NO3/c1-9(2)5-3-4-6-10(9,8(13)14)11-7-12/h7H,3-6H2,1-2H3,(H,11,12)(H,13,14). The van der Waals surface area contributed by atoms with Crippen LogP contribution in [0.5, 0.6) is 0 Å². The highest BCUT2D eigenvalue weighted by Gasteiger charge is 2.52. The lowest BCUT2D eigenvalue weighted by molar-refractivity contribution is -0.154. The maximum absolute atomic E-state index is 11.3. The van der Waals surface area contributed by atoms with Crippen molar-refractivity contribution in [2.75, 3.05) is 0 Å². The lowest BCUT2D eigenvalue weighted by Crippen LogP contribution is -2.62. The molecule has 1 unspecified atom stereocenters. The molecule has 0 aliphatic heterocycles. The zero-order chi connectivity index (χ0) is 10.8. The van der Waals surface area contributed by atoms with Crippen LogP contribution < -0.4 is 5.32 Å². The van der Waals surface area contributed by atoms with Crippen LogP contribution in [0.25, 0.3) is 0 Å². The molecule has 1 atom stereocenters. The van der Waals surface area contributed by atoms with Crippen LogP contribution in [-0.2, 0) is 9.59 Å². The summed E-state index contributed by atoms with van der Waals surface area (Å²) < 4.78 is 0. The average Bonchev–Trinajstić information content (AvgIpc) is 2.08. The van der Waals surface area contributed by atoms with Gasteiger partial charge in [0.15, 0.2) is 0 Å². The molecular weight excluding hydrogens is 182 g/mol. The predicted octanol–water partition coefficient (Wildman–Crippen LogP) is 1.16. The van der Waals surface area contributed by atoms with E-state index in [9.17, 15) is 14.7 Å². The van der Waals surface area contributed by atoms with Crippen LogP contribution in [-0.4, -0.2) is 23.0 Å². The molecule has 0 heterocycles. The molecule has 1 amide bonds. The number of carboxylic acid groups (broad SMARTS) is 1. The zero-order valence-corrected chi connectivity index (χ0v) is 8.67. The monoisotopic (exact) mass is 199 g/mol. The lowest BCUT2D eigenvalue weighted by Gasteiger charge is -2.46. The minimum Gasteiger partial charge on any atom is -0.479 e. The topological polar surface area (TPSA) is 66.4 Å². The number of hydrogen-bond donors (Lipinski definition) is 2. The van der Waals surface area contributed by atoms with Gasteiger partial charge in [0.25, 0.3) is 0 Å². The van der Waals surface area contributed by atoms with E-state index in [0.29, 0.717) is 12.8 Å². The number of carbonyl (C=O) groups is 2.